The van der Waals surface area contributed by atoms with Crippen molar-refractivity contribution < 1.29 is 14.3 Å². The lowest BCUT2D eigenvalue weighted by atomic mass is 10.1. The lowest BCUT2D eigenvalue weighted by Crippen LogP contribution is -2.37. The quantitative estimate of drug-likeness (QED) is 0.881. The van der Waals surface area contributed by atoms with E-state index in [4.69, 9.17) is 4.74 Å². The zero-order valence-corrected chi connectivity index (χ0v) is 16.0. The molecule has 144 valence electrons. The second-order valence-corrected chi connectivity index (χ2v) is 7.11. The van der Waals surface area contributed by atoms with Crippen LogP contribution in [0.4, 0.5) is 0 Å². The maximum atomic E-state index is 12.7. The van der Waals surface area contributed by atoms with Crippen molar-refractivity contribution >= 4 is 11.8 Å². The number of hydrogen-bond acceptors (Lipinski definition) is 3. The van der Waals surface area contributed by atoms with Crippen molar-refractivity contribution in [1.29, 1.82) is 0 Å². The second kappa shape index (κ2) is 8.75. The summed E-state index contributed by atoms with van der Waals surface area (Å²) in [7, 11) is 0. The first kappa shape index (κ1) is 19.0. The molecule has 0 spiro atoms. The van der Waals surface area contributed by atoms with Crippen molar-refractivity contribution in [2.24, 2.45) is 0 Å². The van der Waals surface area contributed by atoms with Crippen LogP contribution in [-0.2, 0) is 11.2 Å². The van der Waals surface area contributed by atoms with Crippen LogP contribution in [0.15, 0.2) is 42.7 Å². The molecular formula is C21H27N3O3. The van der Waals surface area contributed by atoms with Crippen molar-refractivity contribution in [1.82, 2.24) is 14.8 Å². The SMILES string of the molecule is CC(C)Oc1ccc(CC(=O)N2CCCN(C(=O)c3cc[nH]c3)CC2)cc1. The number of benzene rings is 1. The zero-order valence-electron chi connectivity index (χ0n) is 16.0. The summed E-state index contributed by atoms with van der Waals surface area (Å²) in [6.07, 6.45) is 4.75. The van der Waals surface area contributed by atoms with E-state index in [1.54, 1.807) is 18.5 Å². The highest BCUT2D eigenvalue weighted by Gasteiger charge is 2.23. The van der Waals surface area contributed by atoms with E-state index in [0.717, 1.165) is 17.7 Å². The van der Waals surface area contributed by atoms with Gasteiger partial charge in [-0.2, -0.15) is 0 Å². The smallest absolute Gasteiger partial charge is 0.255 e. The molecule has 6 nitrogen and oxygen atoms in total. The minimum atomic E-state index is 0.0197. The maximum Gasteiger partial charge on any atom is 0.255 e. The molecule has 27 heavy (non-hydrogen) atoms. The molecule has 1 fully saturated rings. The summed E-state index contributed by atoms with van der Waals surface area (Å²) >= 11 is 0. The van der Waals surface area contributed by atoms with Gasteiger partial charge in [0.2, 0.25) is 5.91 Å². The van der Waals surface area contributed by atoms with Crippen LogP contribution in [0.5, 0.6) is 5.75 Å². The van der Waals surface area contributed by atoms with Crippen LogP contribution >= 0.6 is 0 Å². The summed E-state index contributed by atoms with van der Waals surface area (Å²) in [4.78, 5) is 31.8. The van der Waals surface area contributed by atoms with Crippen LogP contribution in [0.2, 0.25) is 0 Å². The molecule has 2 amide bonds. The van der Waals surface area contributed by atoms with Gasteiger partial charge in [0.25, 0.3) is 5.91 Å². The van der Waals surface area contributed by atoms with Gasteiger partial charge in [-0.1, -0.05) is 12.1 Å². The third kappa shape index (κ3) is 5.12. The van der Waals surface area contributed by atoms with Crippen LogP contribution in [0.25, 0.3) is 0 Å². The molecular weight excluding hydrogens is 342 g/mol. The fourth-order valence-corrected chi connectivity index (χ4v) is 3.25. The van der Waals surface area contributed by atoms with Crippen molar-refractivity contribution in [2.45, 2.75) is 32.8 Å². The Balaban J connectivity index is 1.54. The van der Waals surface area contributed by atoms with Crippen molar-refractivity contribution in [3.63, 3.8) is 0 Å². The molecule has 1 aromatic heterocycles. The number of amides is 2. The fraction of sp³-hybridized carbons (Fsp3) is 0.429. The van der Waals surface area contributed by atoms with Crippen molar-refractivity contribution in [3.05, 3.63) is 53.9 Å². The first-order chi connectivity index (χ1) is 13.0. The molecule has 0 radical (unpaired) electrons. The van der Waals surface area contributed by atoms with E-state index in [0.29, 0.717) is 38.2 Å². The summed E-state index contributed by atoms with van der Waals surface area (Å²) in [5.41, 5.74) is 1.64. The van der Waals surface area contributed by atoms with Crippen LogP contribution < -0.4 is 4.74 Å². The van der Waals surface area contributed by atoms with E-state index in [-0.39, 0.29) is 17.9 Å². The van der Waals surface area contributed by atoms with Gasteiger partial charge in [-0.05, 0) is 44.0 Å². The molecule has 1 aromatic carbocycles. The van der Waals surface area contributed by atoms with Gasteiger partial charge in [0.15, 0.2) is 0 Å². The average Bonchev–Trinajstić information content (AvgIpc) is 3.06. The van der Waals surface area contributed by atoms with E-state index in [9.17, 15) is 9.59 Å². The minimum absolute atomic E-state index is 0.0197. The number of carbonyl (C=O) groups is 2. The molecule has 0 unspecified atom stereocenters. The van der Waals surface area contributed by atoms with E-state index in [1.807, 2.05) is 47.9 Å². The number of nitrogens with zero attached hydrogens (tertiary/aromatic N) is 2. The van der Waals surface area contributed by atoms with E-state index in [1.165, 1.54) is 0 Å². The van der Waals surface area contributed by atoms with Crippen LogP contribution in [0.1, 0.15) is 36.2 Å². The zero-order chi connectivity index (χ0) is 19.2. The fourth-order valence-electron chi connectivity index (χ4n) is 3.25. The largest absolute Gasteiger partial charge is 0.491 e. The van der Waals surface area contributed by atoms with Gasteiger partial charge in [-0.3, -0.25) is 9.59 Å². The number of carbonyl (C=O) groups excluding carboxylic acids is 2. The molecule has 1 aliphatic rings. The Morgan fingerprint density at radius 2 is 1.74 bits per heavy atom. The van der Waals surface area contributed by atoms with Crippen molar-refractivity contribution in [3.8, 4) is 5.75 Å². The Hall–Kier alpha value is -2.76. The molecule has 1 N–H and O–H groups in total. The van der Waals surface area contributed by atoms with Gasteiger partial charge in [-0.25, -0.2) is 0 Å². The molecule has 2 aromatic rings. The second-order valence-electron chi connectivity index (χ2n) is 7.11. The maximum absolute atomic E-state index is 12.7. The van der Waals surface area contributed by atoms with E-state index < -0.39 is 0 Å². The highest BCUT2D eigenvalue weighted by atomic mass is 16.5. The third-order valence-corrected chi connectivity index (χ3v) is 4.63. The molecule has 0 bridgehead atoms. The summed E-state index contributed by atoms with van der Waals surface area (Å²) in [5.74, 6) is 0.935. The topological polar surface area (TPSA) is 65.6 Å². The number of aromatic nitrogens is 1. The number of hydrogen-bond donors (Lipinski definition) is 1. The molecule has 3 rings (SSSR count). The Kier molecular flexibility index (Phi) is 6.16. The van der Waals surface area contributed by atoms with Crippen LogP contribution in [-0.4, -0.2) is 58.9 Å². The van der Waals surface area contributed by atoms with E-state index in [2.05, 4.69) is 4.98 Å². The van der Waals surface area contributed by atoms with Crippen LogP contribution in [0.3, 0.4) is 0 Å². The third-order valence-electron chi connectivity index (χ3n) is 4.63. The Bertz CT molecular complexity index is 753. The first-order valence-corrected chi connectivity index (χ1v) is 9.48. The Labute approximate surface area is 160 Å². The summed E-state index contributed by atoms with van der Waals surface area (Å²) < 4.78 is 5.64. The van der Waals surface area contributed by atoms with Gasteiger partial charge >= 0.3 is 0 Å². The van der Waals surface area contributed by atoms with Gasteiger partial charge in [0.05, 0.1) is 18.1 Å². The van der Waals surface area contributed by atoms with Crippen molar-refractivity contribution in [2.75, 3.05) is 26.2 Å². The Morgan fingerprint density at radius 1 is 1.04 bits per heavy atom. The molecule has 1 aliphatic heterocycles. The molecule has 6 heteroatoms. The number of ether oxygens (including phenoxy) is 1. The monoisotopic (exact) mass is 369 g/mol. The van der Waals surface area contributed by atoms with Gasteiger partial charge in [-0.15, -0.1) is 0 Å². The number of nitrogens with one attached hydrogen (secondary N) is 1. The molecule has 1 saturated heterocycles. The normalized spacial score (nSPS) is 14.9. The summed E-state index contributed by atoms with van der Waals surface area (Å²) in [6, 6.07) is 9.47. The summed E-state index contributed by atoms with van der Waals surface area (Å²) in [6.45, 7) is 6.47. The average molecular weight is 369 g/mol. The lowest BCUT2D eigenvalue weighted by Gasteiger charge is -2.22. The first-order valence-electron chi connectivity index (χ1n) is 9.48. The van der Waals surface area contributed by atoms with E-state index >= 15 is 0 Å². The standard InChI is InChI=1S/C21H27N3O3/c1-16(2)27-19-6-4-17(5-7-19)14-20(25)23-10-3-11-24(13-12-23)21(26)18-8-9-22-15-18/h4-9,15-16,22H,3,10-14H2,1-2H3. The van der Waals surface area contributed by atoms with Gasteiger partial charge < -0.3 is 19.5 Å². The van der Waals surface area contributed by atoms with Gasteiger partial charge in [0.1, 0.15) is 5.75 Å². The Morgan fingerprint density at radius 3 is 2.41 bits per heavy atom. The highest BCUT2D eigenvalue weighted by Crippen LogP contribution is 2.15. The number of aromatic amines is 1. The lowest BCUT2D eigenvalue weighted by molar-refractivity contribution is -0.130. The molecule has 0 atom stereocenters. The van der Waals surface area contributed by atoms with Gasteiger partial charge in [0, 0.05) is 38.6 Å². The molecule has 0 saturated carbocycles. The predicted octanol–water partition coefficient (Wildman–Crippen LogP) is 2.72. The molecule has 2 heterocycles. The number of rotatable bonds is 5. The molecule has 0 aliphatic carbocycles. The highest BCUT2D eigenvalue weighted by molar-refractivity contribution is 5.94. The van der Waals surface area contributed by atoms with Crippen LogP contribution in [0, 0.1) is 0 Å². The number of H-pyrrole nitrogens is 1. The summed E-state index contributed by atoms with van der Waals surface area (Å²) in [5, 5.41) is 0. The predicted molar refractivity (Wildman–Crippen MR) is 104 cm³/mol. The minimum Gasteiger partial charge on any atom is -0.491 e.